The summed E-state index contributed by atoms with van der Waals surface area (Å²) in [6.07, 6.45) is 2.29. The molecule has 0 amide bonds. The first kappa shape index (κ1) is 14.3. The molecule has 0 bridgehead atoms. The van der Waals surface area contributed by atoms with Gasteiger partial charge in [-0.25, -0.2) is 4.39 Å². The lowest BCUT2D eigenvalue weighted by Crippen LogP contribution is -2.29. The molecule has 1 aliphatic carbocycles. The summed E-state index contributed by atoms with van der Waals surface area (Å²) in [6, 6.07) is 16.0. The van der Waals surface area contributed by atoms with Gasteiger partial charge in [0, 0.05) is 17.6 Å². The Balaban J connectivity index is 1.83. The lowest BCUT2D eigenvalue weighted by Gasteiger charge is -2.32. The van der Waals surface area contributed by atoms with E-state index in [2.05, 4.69) is 36.5 Å². The van der Waals surface area contributed by atoms with E-state index < -0.39 is 0 Å². The van der Waals surface area contributed by atoms with E-state index in [-0.39, 0.29) is 11.9 Å². The van der Waals surface area contributed by atoms with Gasteiger partial charge in [-0.15, -0.1) is 0 Å². The van der Waals surface area contributed by atoms with Crippen molar-refractivity contribution in [1.82, 2.24) is 5.32 Å². The summed E-state index contributed by atoms with van der Waals surface area (Å²) in [6.45, 7) is 4.33. The van der Waals surface area contributed by atoms with Crippen LogP contribution in [-0.2, 0) is 0 Å². The van der Waals surface area contributed by atoms with Gasteiger partial charge in [-0.1, -0.05) is 49.4 Å². The standard InChI is InChI=1S/C19H22FN/c1-13-11-12-19(17-9-4-3-7-15(13)17)21-14(2)16-8-5-6-10-18(16)20/h3-10,13-14,19,21H,11-12H2,1-2H3. The molecule has 3 rings (SSSR count). The Labute approximate surface area is 126 Å². The second kappa shape index (κ2) is 5.98. The van der Waals surface area contributed by atoms with Gasteiger partial charge in [0.2, 0.25) is 0 Å². The molecule has 3 unspecified atom stereocenters. The Kier molecular flexibility index (Phi) is 4.07. The number of fused-ring (bicyclic) bond motifs is 1. The minimum absolute atomic E-state index is 0.0117. The monoisotopic (exact) mass is 283 g/mol. The molecular weight excluding hydrogens is 261 g/mol. The van der Waals surface area contributed by atoms with Crippen molar-refractivity contribution in [3.63, 3.8) is 0 Å². The zero-order valence-corrected chi connectivity index (χ0v) is 12.6. The van der Waals surface area contributed by atoms with Crippen LogP contribution in [0.1, 0.15) is 61.4 Å². The number of halogens is 1. The van der Waals surface area contributed by atoms with Crippen LogP contribution in [0.2, 0.25) is 0 Å². The highest BCUT2D eigenvalue weighted by molar-refractivity contribution is 5.35. The van der Waals surface area contributed by atoms with Gasteiger partial charge in [0.15, 0.2) is 0 Å². The summed E-state index contributed by atoms with van der Waals surface area (Å²) in [4.78, 5) is 0. The molecule has 1 nitrogen and oxygen atoms in total. The van der Waals surface area contributed by atoms with Crippen molar-refractivity contribution in [2.75, 3.05) is 0 Å². The van der Waals surface area contributed by atoms with Crippen molar-refractivity contribution in [3.05, 3.63) is 71.0 Å². The molecule has 2 aromatic rings. The van der Waals surface area contributed by atoms with E-state index in [0.29, 0.717) is 12.0 Å². The maximum absolute atomic E-state index is 13.9. The Hall–Kier alpha value is -1.67. The van der Waals surface area contributed by atoms with Crippen molar-refractivity contribution >= 4 is 0 Å². The normalized spacial score (nSPS) is 22.6. The number of benzene rings is 2. The van der Waals surface area contributed by atoms with Crippen LogP contribution in [0.15, 0.2) is 48.5 Å². The fourth-order valence-corrected chi connectivity index (χ4v) is 3.40. The first-order chi connectivity index (χ1) is 10.2. The summed E-state index contributed by atoms with van der Waals surface area (Å²) >= 11 is 0. The first-order valence-electron chi connectivity index (χ1n) is 7.76. The SMILES string of the molecule is CC1CCC(NC(C)c2ccccc2F)c2ccccc21. The van der Waals surface area contributed by atoms with Crippen molar-refractivity contribution < 1.29 is 4.39 Å². The topological polar surface area (TPSA) is 12.0 Å². The molecule has 3 atom stereocenters. The lowest BCUT2D eigenvalue weighted by molar-refractivity contribution is 0.390. The molecule has 0 radical (unpaired) electrons. The molecule has 0 saturated heterocycles. The highest BCUT2D eigenvalue weighted by atomic mass is 19.1. The van der Waals surface area contributed by atoms with Gasteiger partial charge in [0.1, 0.15) is 5.82 Å². The van der Waals surface area contributed by atoms with E-state index in [9.17, 15) is 4.39 Å². The van der Waals surface area contributed by atoms with Crippen molar-refractivity contribution in [2.24, 2.45) is 0 Å². The third-order valence-electron chi connectivity index (χ3n) is 4.61. The highest BCUT2D eigenvalue weighted by Crippen LogP contribution is 2.38. The minimum atomic E-state index is -0.130. The maximum atomic E-state index is 13.9. The fraction of sp³-hybridized carbons (Fsp3) is 0.368. The van der Waals surface area contributed by atoms with Crippen molar-refractivity contribution in [2.45, 2.75) is 44.7 Å². The molecule has 2 heteroatoms. The zero-order chi connectivity index (χ0) is 14.8. The molecule has 0 heterocycles. The van der Waals surface area contributed by atoms with Crippen LogP contribution in [0, 0.1) is 5.82 Å². The summed E-state index contributed by atoms with van der Waals surface area (Å²) in [5, 5.41) is 3.61. The van der Waals surface area contributed by atoms with E-state index in [1.54, 1.807) is 6.07 Å². The molecule has 0 saturated carbocycles. The first-order valence-corrected chi connectivity index (χ1v) is 7.76. The van der Waals surface area contributed by atoms with Crippen LogP contribution in [0.4, 0.5) is 4.39 Å². The van der Waals surface area contributed by atoms with E-state index in [4.69, 9.17) is 0 Å². The summed E-state index contributed by atoms with van der Waals surface area (Å²) < 4.78 is 13.9. The van der Waals surface area contributed by atoms with Crippen LogP contribution >= 0.6 is 0 Å². The Bertz CT molecular complexity index is 622. The second-order valence-electron chi connectivity index (χ2n) is 6.07. The van der Waals surface area contributed by atoms with E-state index >= 15 is 0 Å². The third kappa shape index (κ3) is 2.86. The molecule has 0 aliphatic heterocycles. The number of hydrogen-bond acceptors (Lipinski definition) is 1. The summed E-state index contributed by atoms with van der Waals surface area (Å²) in [5.74, 6) is 0.484. The molecule has 0 fully saturated rings. The Morgan fingerprint density at radius 3 is 2.43 bits per heavy atom. The average molecular weight is 283 g/mol. The van der Waals surface area contributed by atoms with Gasteiger partial charge >= 0.3 is 0 Å². The molecule has 1 N–H and O–H groups in total. The number of rotatable bonds is 3. The van der Waals surface area contributed by atoms with Crippen molar-refractivity contribution in [1.29, 1.82) is 0 Å². The average Bonchev–Trinajstić information content (AvgIpc) is 2.51. The van der Waals surface area contributed by atoms with Gasteiger partial charge in [0.05, 0.1) is 0 Å². The van der Waals surface area contributed by atoms with Gasteiger partial charge in [-0.05, 0) is 42.9 Å². The Morgan fingerprint density at radius 2 is 1.67 bits per heavy atom. The van der Waals surface area contributed by atoms with Crippen LogP contribution in [0.3, 0.4) is 0 Å². The van der Waals surface area contributed by atoms with Crippen LogP contribution in [0.25, 0.3) is 0 Å². The molecule has 0 spiro atoms. The lowest BCUT2D eigenvalue weighted by atomic mass is 9.80. The molecule has 2 aromatic carbocycles. The predicted molar refractivity (Wildman–Crippen MR) is 84.8 cm³/mol. The molecule has 110 valence electrons. The van der Waals surface area contributed by atoms with E-state index in [1.165, 1.54) is 23.6 Å². The smallest absolute Gasteiger partial charge is 0.127 e. The molecule has 0 aromatic heterocycles. The molecule has 1 aliphatic rings. The van der Waals surface area contributed by atoms with Gasteiger partial charge in [-0.2, -0.15) is 0 Å². The Morgan fingerprint density at radius 1 is 1.00 bits per heavy atom. The zero-order valence-electron chi connectivity index (χ0n) is 12.6. The van der Waals surface area contributed by atoms with Crippen LogP contribution in [0.5, 0.6) is 0 Å². The predicted octanol–water partition coefficient (Wildman–Crippen LogP) is 5.11. The van der Waals surface area contributed by atoms with Crippen molar-refractivity contribution in [3.8, 4) is 0 Å². The number of hydrogen-bond donors (Lipinski definition) is 1. The van der Waals surface area contributed by atoms with Gasteiger partial charge in [-0.3, -0.25) is 0 Å². The van der Waals surface area contributed by atoms with Gasteiger partial charge < -0.3 is 5.32 Å². The van der Waals surface area contributed by atoms with Crippen LogP contribution in [-0.4, -0.2) is 0 Å². The summed E-state index contributed by atoms with van der Waals surface area (Å²) in [7, 11) is 0. The molecule has 21 heavy (non-hydrogen) atoms. The van der Waals surface area contributed by atoms with Gasteiger partial charge in [0.25, 0.3) is 0 Å². The van der Waals surface area contributed by atoms with E-state index in [0.717, 1.165) is 12.0 Å². The quantitative estimate of drug-likeness (QED) is 0.825. The fourth-order valence-electron chi connectivity index (χ4n) is 3.40. The van der Waals surface area contributed by atoms with Crippen LogP contribution < -0.4 is 5.32 Å². The maximum Gasteiger partial charge on any atom is 0.127 e. The summed E-state index contributed by atoms with van der Waals surface area (Å²) in [5.41, 5.74) is 3.55. The van der Waals surface area contributed by atoms with E-state index in [1.807, 2.05) is 19.1 Å². The second-order valence-corrected chi connectivity index (χ2v) is 6.07. The largest absolute Gasteiger partial charge is 0.303 e. The third-order valence-corrected chi connectivity index (χ3v) is 4.61. The highest BCUT2D eigenvalue weighted by Gasteiger charge is 2.25. The minimum Gasteiger partial charge on any atom is -0.303 e. The molecular formula is C19H22FN. The number of nitrogens with one attached hydrogen (secondary N) is 1.